The molecule has 0 saturated heterocycles. The highest BCUT2D eigenvalue weighted by atomic mass is 35.5. The molecule has 0 amide bonds. The second-order valence-electron chi connectivity index (χ2n) is 4.02. The molecular weight excluding hydrogens is 208 g/mol. The molecule has 0 unspecified atom stereocenters. The highest BCUT2D eigenvalue weighted by molar-refractivity contribution is 6.29. The van der Waals surface area contributed by atoms with E-state index in [2.05, 4.69) is 30.7 Å². The first-order chi connectivity index (χ1) is 7.13. The van der Waals surface area contributed by atoms with Crippen molar-refractivity contribution in [1.82, 2.24) is 9.88 Å². The van der Waals surface area contributed by atoms with Gasteiger partial charge in [0.2, 0.25) is 0 Å². The molecule has 0 aliphatic carbocycles. The van der Waals surface area contributed by atoms with Crippen LogP contribution in [-0.2, 0) is 6.54 Å². The molecule has 3 heteroatoms. The van der Waals surface area contributed by atoms with Crippen LogP contribution in [0.4, 0.5) is 0 Å². The molecule has 0 atom stereocenters. The number of pyridine rings is 1. The topological polar surface area (TPSA) is 16.1 Å². The quantitative estimate of drug-likeness (QED) is 0.716. The molecule has 0 N–H and O–H groups in total. The van der Waals surface area contributed by atoms with E-state index in [1.807, 2.05) is 18.2 Å². The van der Waals surface area contributed by atoms with Gasteiger partial charge in [-0.05, 0) is 38.9 Å². The van der Waals surface area contributed by atoms with Gasteiger partial charge in [0.25, 0.3) is 0 Å². The maximum atomic E-state index is 5.86. The van der Waals surface area contributed by atoms with Gasteiger partial charge in [0.05, 0.1) is 5.69 Å². The molecule has 0 aliphatic rings. The van der Waals surface area contributed by atoms with Gasteiger partial charge in [0, 0.05) is 12.6 Å². The third-order valence-corrected chi connectivity index (χ3v) is 2.59. The van der Waals surface area contributed by atoms with E-state index in [4.69, 9.17) is 11.6 Å². The minimum absolute atomic E-state index is 0.547. The molecule has 2 nitrogen and oxygen atoms in total. The zero-order chi connectivity index (χ0) is 11.3. The summed E-state index contributed by atoms with van der Waals surface area (Å²) in [5.74, 6) is 0. The lowest BCUT2D eigenvalue weighted by Gasteiger charge is -2.25. The molecule has 84 valence electrons. The van der Waals surface area contributed by atoms with Crippen molar-refractivity contribution in [3.8, 4) is 0 Å². The first-order valence-corrected chi connectivity index (χ1v) is 5.86. The fourth-order valence-corrected chi connectivity index (χ4v) is 1.73. The van der Waals surface area contributed by atoms with E-state index >= 15 is 0 Å². The normalized spacial score (nSPS) is 11.3. The maximum Gasteiger partial charge on any atom is 0.129 e. The van der Waals surface area contributed by atoms with Crippen molar-refractivity contribution in [2.75, 3.05) is 6.54 Å². The SMILES string of the molecule is CCCN(Cc1cccc(Cl)n1)C(C)C. The van der Waals surface area contributed by atoms with E-state index in [9.17, 15) is 0 Å². The molecule has 0 saturated carbocycles. The Morgan fingerprint density at radius 2 is 2.13 bits per heavy atom. The summed E-state index contributed by atoms with van der Waals surface area (Å²) in [7, 11) is 0. The Hall–Kier alpha value is -0.600. The van der Waals surface area contributed by atoms with Crippen LogP contribution in [0.25, 0.3) is 0 Å². The highest BCUT2D eigenvalue weighted by Crippen LogP contribution is 2.10. The average molecular weight is 227 g/mol. The Kier molecular flexibility index (Phi) is 5.06. The van der Waals surface area contributed by atoms with Crippen molar-refractivity contribution in [2.24, 2.45) is 0 Å². The van der Waals surface area contributed by atoms with E-state index in [-0.39, 0.29) is 0 Å². The predicted octanol–water partition coefficient (Wildman–Crippen LogP) is 3.36. The van der Waals surface area contributed by atoms with Crippen LogP contribution in [0.1, 0.15) is 32.9 Å². The van der Waals surface area contributed by atoms with Gasteiger partial charge in [0.15, 0.2) is 0 Å². The van der Waals surface area contributed by atoms with Gasteiger partial charge in [-0.15, -0.1) is 0 Å². The Labute approximate surface area is 97.3 Å². The summed E-state index contributed by atoms with van der Waals surface area (Å²) in [4.78, 5) is 6.70. The van der Waals surface area contributed by atoms with E-state index in [1.54, 1.807) is 0 Å². The summed E-state index contributed by atoms with van der Waals surface area (Å²) >= 11 is 5.86. The summed E-state index contributed by atoms with van der Waals surface area (Å²) < 4.78 is 0. The van der Waals surface area contributed by atoms with Crippen molar-refractivity contribution >= 4 is 11.6 Å². The second-order valence-corrected chi connectivity index (χ2v) is 4.40. The monoisotopic (exact) mass is 226 g/mol. The fraction of sp³-hybridized carbons (Fsp3) is 0.583. The summed E-state index contributed by atoms with van der Waals surface area (Å²) in [6.45, 7) is 8.60. The largest absolute Gasteiger partial charge is 0.295 e. The Morgan fingerprint density at radius 1 is 1.40 bits per heavy atom. The van der Waals surface area contributed by atoms with Gasteiger partial charge in [-0.2, -0.15) is 0 Å². The predicted molar refractivity (Wildman–Crippen MR) is 65.1 cm³/mol. The molecular formula is C12H19ClN2. The lowest BCUT2D eigenvalue weighted by atomic mass is 10.2. The highest BCUT2D eigenvalue weighted by Gasteiger charge is 2.09. The van der Waals surface area contributed by atoms with Crippen LogP contribution in [0.2, 0.25) is 5.15 Å². The Balaban J connectivity index is 2.65. The third-order valence-electron chi connectivity index (χ3n) is 2.38. The van der Waals surface area contributed by atoms with Crippen molar-refractivity contribution in [1.29, 1.82) is 0 Å². The summed E-state index contributed by atoms with van der Waals surface area (Å²) in [6, 6.07) is 6.34. The second kappa shape index (κ2) is 6.09. The fourth-order valence-electron chi connectivity index (χ4n) is 1.55. The smallest absolute Gasteiger partial charge is 0.129 e. The van der Waals surface area contributed by atoms with Crippen LogP contribution in [0.15, 0.2) is 18.2 Å². The molecule has 0 fully saturated rings. The summed E-state index contributed by atoms with van der Waals surface area (Å²) in [6.07, 6.45) is 1.17. The molecule has 1 rings (SSSR count). The molecule has 1 heterocycles. The zero-order valence-electron chi connectivity index (χ0n) is 9.70. The summed E-state index contributed by atoms with van der Waals surface area (Å²) in [5, 5.41) is 0.577. The van der Waals surface area contributed by atoms with Crippen molar-refractivity contribution in [3.05, 3.63) is 29.0 Å². The van der Waals surface area contributed by atoms with Gasteiger partial charge in [-0.25, -0.2) is 4.98 Å². The van der Waals surface area contributed by atoms with Crippen molar-refractivity contribution in [3.63, 3.8) is 0 Å². The average Bonchev–Trinajstić information content (AvgIpc) is 2.17. The third kappa shape index (κ3) is 4.18. The van der Waals surface area contributed by atoms with E-state index in [0.29, 0.717) is 11.2 Å². The molecule has 0 radical (unpaired) electrons. The zero-order valence-corrected chi connectivity index (χ0v) is 10.5. The van der Waals surface area contributed by atoms with Gasteiger partial charge in [-0.1, -0.05) is 24.6 Å². The number of halogens is 1. The van der Waals surface area contributed by atoms with Gasteiger partial charge < -0.3 is 0 Å². The minimum atomic E-state index is 0.547. The molecule has 0 spiro atoms. The minimum Gasteiger partial charge on any atom is -0.295 e. The van der Waals surface area contributed by atoms with Crippen LogP contribution in [0.3, 0.4) is 0 Å². The van der Waals surface area contributed by atoms with Crippen LogP contribution in [-0.4, -0.2) is 22.5 Å². The number of hydrogen-bond donors (Lipinski definition) is 0. The van der Waals surface area contributed by atoms with Gasteiger partial charge in [0.1, 0.15) is 5.15 Å². The molecule has 15 heavy (non-hydrogen) atoms. The number of aromatic nitrogens is 1. The number of rotatable bonds is 5. The van der Waals surface area contributed by atoms with E-state index < -0.39 is 0 Å². The van der Waals surface area contributed by atoms with Gasteiger partial charge >= 0.3 is 0 Å². The lowest BCUT2D eigenvalue weighted by molar-refractivity contribution is 0.211. The van der Waals surface area contributed by atoms with Crippen LogP contribution in [0, 0.1) is 0 Å². The number of nitrogens with zero attached hydrogens (tertiary/aromatic N) is 2. The van der Waals surface area contributed by atoms with Crippen LogP contribution in [0.5, 0.6) is 0 Å². The maximum absolute atomic E-state index is 5.86. The first kappa shape index (κ1) is 12.5. The van der Waals surface area contributed by atoms with Crippen molar-refractivity contribution < 1.29 is 0 Å². The lowest BCUT2D eigenvalue weighted by Crippen LogP contribution is -2.31. The molecule has 0 aromatic carbocycles. The summed E-state index contributed by atoms with van der Waals surface area (Å²) in [5.41, 5.74) is 1.05. The Bertz CT molecular complexity index is 299. The van der Waals surface area contributed by atoms with E-state index in [1.165, 1.54) is 6.42 Å². The molecule has 0 bridgehead atoms. The molecule has 1 aromatic heterocycles. The standard InChI is InChI=1S/C12H19ClN2/c1-4-8-15(10(2)3)9-11-6-5-7-12(13)14-11/h5-7,10H,4,8-9H2,1-3H3. The van der Waals surface area contributed by atoms with Crippen LogP contribution >= 0.6 is 11.6 Å². The van der Waals surface area contributed by atoms with Gasteiger partial charge in [-0.3, -0.25) is 4.90 Å². The van der Waals surface area contributed by atoms with E-state index in [0.717, 1.165) is 18.8 Å². The van der Waals surface area contributed by atoms with Crippen LogP contribution < -0.4 is 0 Å². The molecule has 1 aromatic rings. The Morgan fingerprint density at radius 3 is 2.67 bits per heavy atom. The van der Waals surface area contributed by atoms with Crippen molar-refractivity contribution in [2.45, 2.75) is 39.8 Å². The molecule has 0 aliphatic heterocycles. The first-order valence-electron chi connectivity index (χ1n) is 5.49. The number of hydrogen-bond acceptors (Lipinski definition) is 2.